The minimum absolute atomic E-state index is 0.0694. The average Bonchev–Trinajstić information content (AvgIpc) is 2.32. The van der Waals surface area contributed by atoms with E-state index < -0.39 is 0 Å². The predicted molar refractivity (Wildman–Crippen MR) is 64.0 cm³/mol. The topological polar surface area (TPSA) is 40.5 Å². The first kappa shape index (κ1) is 11.6. The van der Waals surface area contributed by atoms with Crippen molar-refractivity contribution >= 4 is 0 Å². The van der Waals surface area contributed by atoms with Gasteiger partial charge in [-0.15, -0.1) is 0 Å². The first-order chi connectivity index (χ1) is 7.78. The molecule has 0 heterocycles. The van der Waals surface area contributed by atoms with Gasteiger partial charge in [-0.2, -0.15) is 0 Å². The smallest absolute Gasteiger partial charge is 0.0681 e. The maximum absolute atomic E-state index is 9.44. The van der Waals surface area contributed by atoms with Gasteiger partial charge in [-0.3, -0.25) is 0 Å². The minimum Gasteiger partial charge on any atom is -0.393 e. The van der Waals surface area contributed by atoms with E-state index in [-0.39, 0.29) is 12.7 Å². The lowest BCUT2D eigenvalue weighted by Crippen LogP contribution is -2.19. The monoisotopic (exact) mass is 220 g/mol. The molecule has 0 amide bonds. The van der Waals surface area contributed by atoms with Crippen molar-refractivity contribution in [2.75, 3.05) is 0 Å². The highest BCUT2D eigenvalue weighted by Crippen LogP contribution is 2.27. The fourth-order valence-electron chi connectivity index (χ4n) is 2.54. The Morgan fingerprint density at radius 1 is 1.06 bits per heavy atom. The van der Waals surface area contributed by atoms with Crippen LogP contribution in [0.1, 0.15) is 36.8 Å². The molecule has 0 radical (unpaired) electrons. The van der Waals surface area contributed by atoms with Crippen LogP contribution in [0.2, 0.25) is 0 Å². The molecule has 0 atom stereocenters. The van der Waals surface area contributed by atoms with E-state index in [2.05, 4.69) is 12.1 Å². The van der Waals surface area contributed by atoms with Gasteiger partial charge < -0.3 is 10.2 Å². The van der Waals surface area contributed by atoms with Crippen molar-refractivity contribution in [3.05, 3.63) is 35.4 Å². The number of aliphatic hydroxyl groups excluding tert-OH is 2. The van der Waals surface area contributed by atoms with Gasteiger partial charge in [0.15, 0.2) is 0 Å². The summed E-state index contributed by atoms with van der Waals surface area (Å²) in [6, 6.07) is 8.18. The van der Waals surface area contributed by atoms with Crippen molar-refractivity contribution in [2.45, 2.75) is 44.8 Å². The Bertz CT molecular complexity index is 327. The second-order valence-corrected chi connectivity index (χ2v) is 4.86. The first-order valence-electron chi connectivity index (χ1n) is 6.14. The zero-order valence-electron chi connectivity index (χ0n) is 9.60. The average molecular weight is 220 g/mol. The SMILES string of the molecule is OCc1cccc(CC2CCC(O)CC2)c1. The molecule has 1 aromatic rings. The lowest BCUT2D eigenvalue weighted by molar-refractivity contribution is 0.108. The van der Waals surface area contributed by atoms with E-state index in [1.54, 1.807) is 0 Å². The van der Waals surface area contributed by atoms with Crippen LogP contribution in [0.25, 0.3) is 0 Å². The molecule has 0 spiro atoms. The largest absolute Gasteiger partial charge is 0.393 e. The molecular formula is C14H20O2. The molecule has 1 aromatic carbocycles. The van der Waals surface area contributed by atoms with E-state index in [1.807, 2.05) is 12.1 Å². The molecule has 1 fully saturated rings. The molecule has 0 aliphatic heterocycles. The van der Waals surface area contributed by atoms with Crippen molar-refractivity contribution < 1.29 is 10.2 Å². The summed E-state index contributed by atoms with van der Waals surface area (Å²) in [5.41, 5.74) is 2.31. The fourth-order valence-corrected chi connectivity index (χ4v) is 2.54. The maximum Gasteiger partial charge on any atom is 0.0681 e. The lowest BCUT2D eigenvalue weighted by Gasteiger charge is -2.25. The van der Waals surface area contributed by atoms with Crippen LogP contribution in [0.3, 0.4) is 0 Å². The molecule has 0 unspecified atom stereocenters. The summed E-state index contributed by atoms with van der Waals surface area (Å²) in [6.07, 6.45) is 5.17. The molecule has 0 aromatic heterocycles. The van der Waals surface area contributed by atoms with E-state index in [4.69, 9.17) is 5.11 Å². The van der Waals surface area contributed by atoms with Crippen molar-refractivity contribution in [2.24, 2.45) is 5.92 Å². The Hall–Kier alpha value is -0.860. The molecule has 2 nitrogen and oxygen atoms in total. The Morgan fingerprint density at radius 2 is 1.75 bits per heavy atom. The Labute approximate surface area is 96.9 Å². The van der Waals surface area contributed by atoms with Gasteiger partial charge in [0.2, 0.25) is 0 Å². The van der Waals surface area contributed by atoms with Gasteiger partial charge in [-0.05, 0) is 49.1 Å². The summed E-state index contributed by atoms with van der Waals surface area (Å²) in [5.74, 6) is 0.706. The third-order valence-corrected chi connectivity index (χ3v) is 3.51. The molecule has 2 N–H and O–H groups in total. The molecule has 2 rings (SSSR count). The van der Waals surface area contributed by atoms with Gasteiger partial charge in [-0.1, -0.05) is 24.3 Å². The van der Waals surface area contributed by atoms with Gasteiger partial charge in [0.05, 0.1) is 12.7 Å². The van der Waals surface area contributed by atoms with Crippen LogP contribution < -0.4 is 0 Å². The van der Waals surface area contributed by atoms with Gasteiger partial charge in [0.25, 0.3) is 0 Å². The summed E-state index contributed by atoms with van der Waals surface area (Å²) in [7, 11) is 0. The second kappa shape index (κ2) is 5.46. The first-order valence-corrected chi connectivity index (χ1v) is 6.14. The van der Waals surface area contributed by atoms with E-state index >= 15 is 0 Å². The van der Waals surface area contributed by atoms with Crippen molar-refractivity contribution in [3.8, 4) is 0 Å². The molecule has 1 aliphatic carbocycles. The molecule has 2 heteroatoms. The number of hydrogen-bond donors (Lipinski definition) is 2. The molecule has 16 heavy (non-hydrogen) atoms. The Kier molecular flexibility index (Phi) is 3.97. The summed E-state index contributed by atoms with van der Waals surface area (Å²) < 4.78 is 0. The number of rotatable bonds is 3. The maximum atomic E-state index is 9.44. The van der Waals surface area contributed by atoms with Crippen LogP contribution in [-0.2, 0) is 13.0 Å². The third-order valence-electron chi connectivity index (χ3n) is 3.51. The zero-order chi connectivity index (χ0) is 11.4. The van der Waals surface area contributed by atoms with Crippen LogP contribution in [0.4, 0.5) is 0 Å². The zero-order valence-corrected chi connectivity index (χ0v) is 9.60. The number of aliphatic hydroxyl groups is 2. The van der Waals surface area contributed by atoms with Crippen LogP contribution in [0.15, 0.2) is 24.3 Å². The van der Waals surface area contributed by atoms with E-state index in [0.29, 0.717) is 5.92 Å². The number of hydrogen-bond acceptors (Lipinski definition) is 2. The molecular weight excluding hydrogens is 200 g/mol. The predicted octanol–water partition coefficient (Wildman–Crippen LogP) is 2.27. The van der Waals surface area contributed by atoms with Crippen molar-refractivity contribution in [1.82, 2.24) is 0 Å². The summed E-state index contributed by atoms with van der Waals surface area (Å²) in [4.78, 5) is 0. The molecule has 0 bridgehead atoms. The highest BCUT2D eigenvalue weighted by molar-refractivity contribution is 5.23. The van der Waals surface area contributed by atoms with Gasteiger partial charge in [-0.25, -0.2) is 0 Å². The van der Waals surface area contributed by atoms with Crippen molar-refractivity contribution in [1.29, 1.82) is 0 Å². The second-order valence-electron chi connectivity index (χ2n) is 4.86. The Morgan fingerprint density at radius 3 is 2.44 bits per heavy atom. The third kappa shape index (κ3) is 3.06. The fraction of sp³-hybridized carbons (Fsp3) is 0.571. The molecule has 1 aliphatic rings. The van der Waals surface area contributed by atoms with Crippen LogP contribution in [-0.4, -0.2) is 16.3 Å². The summed E-state index contributed by atoms with van der Waals surface area (Å²) >= 11 is 0. The number of benzene rings is 1. The highest BCUT2D eigenvalue weighted by atomic mass is 16.3. The van der Waals surface area contributed by atoms with Gasteiger partial charge >= 0.3 is 0 Å². The van der Waals surface area contributed by atoms with E-state index in [1.165, 1.54) is 5.56 Å². The minimum atomic E-state index is -0.0694. The van der Waals surface area contributed by atoms with Crippen LogP contribution >= 0.6 is 0 Å². The summed E-state index contributed by atoms with van der Waals surface area (Å²) in [6.45, 7) is 0.122. The van der Waals surface area contributed by atoms with E-state index in [9.17, 15) is 5.11 Å². The van der Waals surface area contributed by atoms with Crippen LogP contribution in [0.5, 0.6) is 0 Å². The standard InChI is InChI=1S/C14H20O2/c15-10-13-3-1-2-12(9-13)8-11-4-6-14(16)7-5-11/h1-3,9,11,14-16H,4-8,10H2. The normalized spacial score (nSPS) is 25.6. The van der Waals surface area contributed by atoms with Crippen molar-refractivity contribution in [3.63, 3.8) is 0 Å². The van der Waals surface area contributed by atoms with Gasteiger partial charge in [0.1, 0.15) is 0 Å². The lowest BCUT2D eigenvalue weighted by atomic mass is 9.83. The van der Waals surface area contributed by atoms with E-state index in [0.717, 1.165) is 37.7 Å². The van der Waals surface area contributed by atoms with Crippen LogP contribution in [0, 0.1) is 5.92 Å². The quantitative estimate of drug-likeness (QED) is 0.820. The molecule has 1 saturated carbocycles. The summed E-state index contributed by atoms with van der Waals surface area (Å²) in [5, 5.41) is 18.5. The molecule has 88 valence electrons. The Balaban J connectivity index is 1.93. The van der Waals surface area contributed by atoms with Gasteiger partial charge in [0, 0.05) is 0 Å². The molecule has 0 saturated heterocycles. The highest BCUT2D eigenvalue weighted by Gasteiger charge is 2.19.